The molecule has 0 aliphatic rings. The summed E-state index contributed by atoms with van der Waals surface area (Å²) in [4.78, 5) is 35.0. The Kier molecular flexibility index (Phi) is 47.1. The lowest BCUT2D eigenvalue weighted by Crippen LogP contribution is -2.29. The summed E-state index contributed by atoms with van der Waals surface area (Å²) in [6, 6.07) is 0. The minimum Gasteiger partial charge on any atom is -0.462 e. The van der Waals surface area contributed by atoms with Crippen LogP contribution in [-0.2, 0) is 32.7 Å². The smallest absolute Gasteiger partial charge is 0.462 e. The number of allylic oxidation sites excluding steroid dienone is 20. The lowest BCUT2D eigenvalue weighted by atomic mass is 10.0. The van der Waals surface area contributed by atoms with Gasteiger partial charge < -0.3 is 20.1 Å². The van der Waals surface area contributed by atoms with Crippen LogP contribution in [-0.4, -0.2) is 49.3 Å². The van der Waals surface area contributed by atoms with E-state index >= 15 is 0 Å². The number of carbonyl (C=O) groups excluding carboxylic acids is 2. The van der Waals surface area contributed by atoms with Gasteiger partial charge in [-0.15, -0.1) is 0 Å². The maximum atomic E-state index is 12.6. The minimum absolute atomic E-state index is 0.0352. The molecule has 65 heavy (non-hydrogen) atoms. The minimum atomic E-state index is -4.41. The Morgan fingerprint density at radius 2 is 0.831 bits per heavy atom. The van der Waals surface area contributed by atoms with Crippen molar-refractivity contribution in [2.75, 3.05) is 26.4 Å². The Hall–Kier alpha value is -3.59. The number of ether oxygens (including phenoxy) is 2. The molecule has 2 unspecified atom stereocenters. The molecule has 0 aromatic rings. The molecule has 0 bridgehead atoms. The third kappa shape index (κ3) is 49.7. The molecule has 0 aromatic heterocycles. The van der Waals surface area contributed by atoms with Crippen molar-refractivity contribution in [1.29, 1.82) is 0 Å². The van der Waals surface area contributed by atoms with E-state index < -0.39 is 32.5 Å². The fourth-order valence-electron chi connectivity index (χ4n) is 6.24. The van der Waals surface area contributed by atoms with E-state index in [1.807, 2.05) is 12.2 Å². The molecule has 0 aliphatic carbocycles. The zero-order valence-corrected chi connectivity index (χ0v) is 41.6. The molecular formula is C55H90NO8P. The van der Waals surface area contributed by atoms with Crippen LogP contribution < -0.4 is 5.73 Å². The summed E-state index contributed by atoms with van der Waals surface area (Å²) >= 11 is 0. The zero-order valence-electron chi connectivity index (χ0n) is 40.7. The van der Waals surface area contributed by atoms with Gasteiger partial charge in [0, 0.05) is 19.4 Å². The van der Waals surface area contributed by atoms with Gasteiger partial charge in [-0.1, -0.05) is 200 Å². The topological polar surface area (TPSA) is 134 Å². The summed E-state index contributed by atoms with van der Waals surface area (Å²) in [6.45, 7) is 3.41. The molecule has 0 heterocycles. The molecule has 0 aromatic carbocycles. The van der Waals surface area contributed by atoms with Crippen LogP contribution in [0.2, 0.25) is 0 Å². The van der Waals surface area contributed by atoms with Gasteiger partial charge in [0.15, 0.2) is 6.10 Å². The number of unbranched alkanes of at least 4 members (excludes halogenated alkanes) is 12. The summed E-state index contributed by atoms with van der Waals surface area (Å²) < 4.78 is 32.8. The van der Waals surface area contributed by atoms with Gasteiger partial charge in [0.1, 0.15) is 6.61 Å². The molecule has 0 rings (SSSR count). The summed E-state index contributed by atoms with van der Waals surface area (Å²) in [7, 11) is -4.41. The Morgan fingerprint density at radius 3 is 1.25 bits per heavy atom. The quantitative estimate of drug-likeness (QED) is 0.0265. The third-order valence-electron chi connectivity index (χ3n) is 9.86. The Balaban J connectivity index is 4.16. The Bertz CT molecular complexity index is 1470. The van der Waals surface area contributed by atoms with Gasteiger partial charge in [-0.2, -0.15) is 0 Å². The summed E-state index contributed by atoms with van der Waals surface area (Å²) in [5.41, 5.74) is 5.36. The second-order valence-corrected chi connectivity index (χ2v) is 17.4. The first-order valence-corrected chi connectivity index (χ1v) is 26.5. The van der Waals surface area contributed by atoms with E-state index in [0.717, 1.165) is 83.5 Å². The highest BCUT2D eigenvalue weighted by Gasteiger charge is 2.25. The summed E-state index contributed by atoms with van der Waals surface area (Å²) in [5.74, 6) is -0.938. The number of esters is 2. The number of phosphoric ester groups is 1. The van der Waals surface area contributed by atoms with Gasteiger partial charge in [-0.05, 0) is 89.9 Å². The van der Waals surface area contributed by atoms with E-state index in [-0.39, 0.29) is 32.6 Å². The SMILES string of the molecule is CC/C=C\C/C=C\C/C=C\C/C=C\C/C=C\C/C=C\CCC(=O)OC(COC(=O)CCCCCCCCCCCCCC/C=C\C/C=C\C/C=C\C/C=C\CC)COP(=O)(O)OCCN. The maximum absolute atomic E-state index is 12.6. The van der Waals surface area contributed by atoms with Crippen molar-refractivity contribution in [3.8, 4) is 0 Å². The van der Waals surface area contributed by atoms with Gasteiger partial charge in [0.25, 0.3) is 0 Å². The molecule has 3 N–H and O–H groups in total. The van der Waals surface area contributed by atoms with Gasteiger partial charge >= 0.3 is 19.8 Å². The molecule has 2 atom stereocenters. The van der Waals surface area contributed by atoms with E-state index in [4.69, 9.17) is 24.3 Å². The van der Waals surface area contributed by atoms with E-state index in [1.54, 1.807) is 0 Å². The van der Waals surface area contributed by atoms with Crippen molar-refractivity contribution >= 4 is 19.8 Å². The number of phosphoric acid groups is 1. The lowest BCUT2D eigenvalue weighted by Gasteiger charge is -2.19. The van der Waals surface area contributed by atoms with Crippen molar-refractivity contribution in [1.82, 2.24) is 0 Å². The second-order valence-electron chi connectivity index (χ2n) is 15.9. The summed E-state index contributed by atoms with van der Waals surface area (Å²) in [6.07, 6.45) is 68.2. The molecular weight excluding hydrogens is 834 g/mol. The van der Waals surface area contributed by atoms with Crippen LogP contribution >= 0.6 is 7.82 Å². The van der Waals surface area contributed by atoms with Gasteiger partial charge in [0.05, 0.1) is 13.2 Å². The first-order chi connectivity index (χ1) is 31.8. The number of hydrogen-bond acceptors (Lipinski definition) is 8. The highest BCUT2D eigenvalue weighted by Crippen LogP contribution is 2.43. The largest absolute Gasteiger partial charge is 0.472 e. The first kappa shape index (κ1) is 61.4. The maximum Gasteiger partial charge on any atom is 0.472 e. The Morgan fingerprint density at radius 1 is 0.462 bits per heavy atom. The van der Waals surface area contributed by atoms with Crippen molar-refractivity contribution in [2.45, 2.75) is 187 Å². The van der Waals surface area contributed by atoms with Crippen molar-refractivity contribution < 1.29 is 37.6 Å². The predicted octanol–water partition coefficient (Wildman–Crippen LogP) is 15.3. The third-order valence-corrected chi connectivity index (χ3v) is 10.8. The van der Waals surface area contributed by atoms with E-state index in [9.17, 15) is 19.0 Å². The average Bonchev–Trinajstić information content (AvgIpc) is 3.30. The van der Waals surface area contributed by atoms with Gasteiger partial charge in [-0.25, -0.2) is 4.57 Å². The van der Waals surface area contributed by atoms with Gasteiger partial charge in [0.2, 0.25) is 0 Å². The van der Waals surface area contributed by atoms with E-state index in [2.05, 4.69) is 123 Å². The molecule has 0 radical (unpaired) electrons. The molecule has 368 valence electrons. The molecule has 0 fully saturated rings. The number of carbonyl (C=O) groups is 2. The summed E-state index contributed by atoms with van der Waals surface area (Å²) in [5, 5.41) is 0. The molecule has 0 saturated carbocycles. The highest BCUT2D eigenvalue weighted by atomic mass is 31.2. The van der Waals surface area contributed by atoms with Crippen LogP contribution in [0.15, 0.2) is 122 Å². The van der Waals surface area contributed by atoms with Crippen LogP contribution in [0.25, 0.3) is 0 Å². The second kappa shape index (κ2) is 49.8. The standard InChI is InChI=1S/C55H90NO8P/c1-3-5-7-9-11-13-15-17-19-21-23-24-25-26-27-28-30-31-33-35-37-39-41-43-45-47-54(57)61-51-53(52-63-65(59,60)62-50-49-56)64-55(58)48-46-44-42-40-38-36-34-32-29-22-20-18-16-14-12-10-8-6-4-2/h5-8,11-14,17-20,23-24,29,32,36,38,42,44,53H,3-4,9-10,15-16,21-22,25-28,30-31,33-35,37,39-41,43,45-52,56H2,1-2H3,(H,59,60)/b7-5-,8-6-,13-11-,14-12-,19-17-,20-18-,24-23-,32-29-,38-36-,44-42-. The van der Waals surface area contributed by atoms with Crippen LogP contribution in [0.5, 0.6) is 0 Å². The number of hydrogen-bond donors (Lipinski definition) is 2. The molecule has 0 aliphatic heterocycles. The van der Waals surface area contributed by atoms with Crippen LogP contribution in [0.4, 0.5) is 0 Å². The monoisotopic (exact) mass is 924 g/mol. The van der Waals surface area contributed by atoms with Crippen LogP contribution in [0.3, 0.4) is 0 Å². The van der Waals surface area contributed by atoms with Crippen LogP contribution in [0.1, 0.15) is 181 Å². The fourth-order valence-corrected chi connectivity index (χ4v) is 7.00. The molecule has 0 saturated heterocycles. The van der Waals surface area contributed by atoms with Gasteiger partial charge in [-0.3, -0.25) is 18.6 Å². The number of rotatable bonds is 45. The molecule has 10 heteroatoms. The average molecular weight is 924 g/mol. The highest BCUT2D eigenvalue weighted by molar-refractivity contribution is 7.47. The lowest BCUT2D eigenvalue weighted by molar-refractivity contribution is -0.161. The van der Waals surface area contributed by atoms with Crippen molar-refractivity contribution in [3.05, 3.63) is 122 Å². The zero-order chi connectivity index (χ0) is 47.4. The first-order valence-electron chi connectivity index (χ1n) is 25.0. The van der Waals surface area contributed by atoms with Crippen molar-refractivity contribution in [2.24, 2.45) is 5.73 Å². The van der Waals surface area contributed by atoms with Crippen molar-refractivity contribution in [3.63, 3.8) is 0 Å². The van der Waals surface area contributed by atoms with E-state index in [1.165, 1.54) is 57.8 Å². The molecule has 0 spiro atoms. The Labute approximate surface area is 396 Å². The number of nitrogens with two attached hydrogens (primary N) is 1. The van der Waals surface area contributed by atoms with Crippen LogP contribution in [0, 0.1) is 0 Å². The molecule has 0 amide bonds. The normalized spacial score (nSPS) is 14.2. The fraction of sp³-hybridized carbons (Fsp3) is 0.600. The van der Waals surface area contributed by atoms with E-state index in [0.29, 0.717) is 12.8 Å². The predicted molar refractivity (Wildman–Crippen MR) is 274 cm³/mol. The molecule has 9 nitrogen and oxygen atoms in total.